The summed E-state index contributed by atoms with van der Waals surface area (Å²) in [5.74, 6) is -1.09. The minimum absolute atomic E-state index is 0.123. The molecule has 0 saturated carbocycles. The first-order valence-corrected chi connectivity index (χ1v) is 8.27. The molecule has 128 valence electrons. The predicted molar refractivity (Wildman–Crippen MR) is 86.1 cm³/mol. The summed E-state index contributed by atoms with van der Waals surface area (Å²) in [6.45, 7) is 5.61. The fourth-order valence-electron chi connectivity index (χ4n) is 3.20. The molecule has 0 radical (unpaired) electrons. The fourth-order valence-corrected chi connectivity index (χ4v) is 3.20. The fraction of sp³-hybridized carbons (Fsp3) is 0.688. The molecule has 0 aromatic carbocycles. The number of nitrogens with zero attached hydrogens (tertiary/aromatic N) is 3. The van der Waals surface area contributed by atoms with Crippen molar-refractivity contribution in [3.63, 3.8) is 0 Å². The van der Waals surface area contributed by atoms with Crippen LogP contribution in [0.5, 0.6) is 0 Å². The number of carbonyl (C=O) groups excluding carboxylic acids is 1. The maximum Gasteiger partial charge on any atom is 0.317 e. The number of amides is 2. The smallest absolute Gasteiger partial charge is 0.317 e. The molecule has 1 aliphatic rings. The number of aromatic nitrogens is 2. The number of piperidine rings is 1. The SMILES string of the molecule is CCc1nn(C)c(CC)c1CNC(=O)N1CCC(C(=O)O)CC1. The number of urea groups is 1. The van der Waals surface area contributed by atoms with E-state index in [0.717, 1.165) is 29.8 Å². The standard InChI is InChI=1S/C16H26N4O3/c1-4-13-12(14(5-2)19(3)18-13)10-17-16(23)20-8-6-11(7-9-20)15(21)22/h11H,4-10H2,1-3H3,(H,17,23)(H,21,22). The molecule has 2 N–H and O–H groups in total. The lowest BCUT2D eigenvalue weighted by atomic mass is 9.97. The zero-order chi connectivity index (χ0) is 17.0. The van der Waals surface area contributed by atoms with Crippen LogP contribution < -0.4 is 5.32 Å². The van der Waals surface area contributed by atoms with Crippen molar-refractivity contribution in [3.8, 4) is 0 Å². The third kappa shape index (κ3) is 3.83. The quantitative estimate of drug-likeness (QED) is 0.861. The summed E-state index contributed by atoms with van der Waals surface area (Å²) in [5, 5.41) is 16.5. The highest BCUT2D eigenvalue weighted by molar-refractivity contribution is 5.75. The van der Waals surface area contributed by atoms with E-state index >= 15 is 0 Å². The van der Waals surface area contributed by atoms with Crippen LogP contribution in [-0.2, 0) is 31.2 Å². The number of likely N-dealkylation sites (tertiary alicyclic amines) is 1. The number of aryl methyl sites for hydroxylation is 2. The van der Waals surface area contributed by atoms with Crippen molar-refractivity contribution in [1.82, 2.24) is 20.0 Å². The summed E-state index contributed by atoms with van der Waals surface area (Å²) in [6.07, 6.45) is 2.76. The minimum Gasteiger partial charge on any atom is -0.481 e. The number of carboxylic acids is 1. The van der Waals surface area contributed by atoms with Crippen molar-refractivity contribution in [2.45, 2.75) is 46.1 Å². The van der Waals surface area contributed by atoms with Crippen molar-refractivity contribution in [2.75, 3.05) is 13.1 Å². The topological polar surface area (TPSA) is 87.5 Å². The van der Waals surface area contributed by atoms with Gasteiger partial charge in [0, 0.05) is 37.9 Å². The minimum atomic E-state index is -0.763. The lowest BCUT2D eigenvalue weighted by molar-refractivity contribution is -0.143. The van der Waals surface area contributed by atoms with E-state index in [-0.39, 0.29) is 11.9 Å². The van der Waals surface area contributed by atoms with Crippen molar-refractivity contribution in [1.29, 1.82) is 0 Å². The van der Waals surface area contributed by atoms with Gasteiger partial charge in [0.2, 0.25) is 0 Å². The third-order valence-electron chi connectivity index (χ3n) is 4.58. The summed E-state index contributed by atoms with van der Waals surface area (Å²) in [4.78, 5) is 25.0. The van der Waals surface area contributed by atoms with Crippen LogP contribution in [0.25, 0.3) is 0 Å². The molecule has 0 spiro atoms. The molecule has 2 rings (SSSR count). The summed E-state index contributed by atoms with van der Waals surface area (Å²) in [5.41, 5.74) is 3.27. The second-order valence-electron chi connectivity index (χ2n) is 5.96. The molecule has 7 heteroatoms. The van der Waals surface area contributed by atoms with Crippen molar-refractivity contribution in [3.05, 3.63) is 17.0 Å². The van der Waals surface area contributed by atoms with Gasteiger partial charge in [0.05, 0.1) is 11.6 Å². The van der Waals surface area contributed by atoms with Crippen molar-refractivity contribution < 1.29 is 14.7 Å². The van der Waals surface area contributed by atoms with E-state index in [2.05, 4.69) is 24.3 Å². The molecule has 1 aromatic heterocycles. The van der Waals surface area contributed by atoms with E-state index in [1.165, 1.54) is 0 Å². The first-order chi connectivity index (χ1) is 11.0. The van der Waals surface area contributed by atoms with Gasteiger partial charge in [-0.05, 0) is 25.7 Å². The van der Waals surface area contributed by atoms with E-state index in [1.807, 2.05) is 11.7 Å². The highest BCUT2D eigenvalue weighted by Gasteiger charge is 2.27. The molecule has 23 heavy (non-hydrogen) atoms. The molecule has 2 amide bonds. The van der Waals surface area contributed by atoms with Gasteiger partial charge in [0.1, 0.15) is 0 Å². The van der Waals surface area contributed by atoms with Gasteiger partial charge in [-0.1, -0.05) is 13.8 Å². The van der Waals surface area contributed by atoms with Crippen LogP contribution in [0.2, 0.25) is 0 Å². The average Bonchev–Trinajstić information content (AvgIpc) is 2.87. The van der Waals surface area contributed by atoms with E-state index in [4.69, 9.17) is 5.11 Å². The maximum atomic E-state index is 12.3. The Bertz CT molecular complexity index is 574. The number of aliphatic carboxylic acids is 1. The lowest BCUT2D eigenvalue weighted by Crippen LogP contribution is -2.45. The summed E-state index contributed by atoms with van der Waals surface area (Å²) >= 11 is 0. The van der Waals surface area contributed by atoms with Gasteiger partial charge < -0.3 is 15.3 Å². The summed E-state index contributed by atoms with van der Waals surface area (Å²) < 4.78 is 1.89. The third-order valence-corrected chi connectivity index (χ3v) is 4.58. The second-order valence-corrected chi connectivity index (χ2v) is 5.96. The molecule has 0 aliphatic carbocycles. The first-order valence-electron chi connectivity index (χ1n) is 8.27. The van der Waals surface area contributed by atoms with Crippen LogP contribution in [0.3, 0.4) is 0 Å². The summed E-state index contributed by atoms with van der Waals surface area (Å²) in [7, 11) is 1.93. The molecule has 2 heterocycles. The Kier molecular flexibility index (Phi) is 5.63. The number of rotatable bonds is 5. The van der Waals surface area contributed by atoms with Crippen LogP contribution in [0.15, 0.2) is 0 Å². The Morgan fingerprint density at radius 1 is 1.26 bits per heavy atom. The number of carboxylic acid groups (broad SMARTS) is 1. The second kappa shape index (κ2) is 7.48. The molecule has 1 saturated heterocycles. The van der Waals surface area contributed by atoms with E-state index in [1.54, 1.807) is 4.90 Å². The van der Waals surface area contributed by atoms with E-state index < -0.39 is 5.97 Å². The van der Waals surface area contributed by atoms with Crippen molar-refractivity contribution in [2.24, 2.45) is 13.0 Å². The molecular formula is C16H26N4O3. The molecule has 0 unspecified atom stereocenters. The van der Waals surface area contributed by atoms with Crippen LogP contribution in [0, 0.1) is 5.92 Å². The molecule has 1 aliphatic heterocycles. The number of hydrogen-bond donors (Lipinski definition) is 2. The highest BCUT2D eigenvalue weighted by atomic mass is 16.4. The number of hydrogen-bond acceptors (Lipinski definition) is 3. The van der Waals surface area contributed by atoms with Crippen LogP contribution in [0.4, 0.5) is 4.79 Å². The van der Waals surface area contributed by atoms with Gasteiger partial charge >= 0.3 is 12.0 Å². The van der Waals surface area contributed by atoms with Gasteiger partial charge in [0.25, 0.3) is 0 Å². The predicted octanol–water partition coefficient (Wildman–Crippen LogP) is 1.55. The van der Waals surface area contributed by atoms with Crippen LogP contribution >= 0.6 is 0 Å². The normalized spacial score (nSPS) is 15.7. The molecule has 0 atom stereocenters. The molecular weight excluding hydrogens is 296 g/mol. The average molecular weight is 322 g/mol. The van der Waals surface area contributed by atoms with Crippen molar-refractivity contribution >= 4 is 12.0 Å². The van der Waals surface area contributed by atoms with Gasteiger partial charge in [-0.3, -0.25) is 9.48 Å². The van der Waals surface area contributed by atoms with Gasteiger partial charge in [-0.15, -0.1) is 0 Å². The maximum absolute atomic E-state index is 12.3. The Labute approximate surface area is 136 Å². The van der Waals surface area contributed by atoms with E-state index in [0.29, 0.717) is 32.5 Å². The Hall–Kier alpha value is -2.05. The van der Waals surface area contributed by atoms with Gasteiger partial charge in [-0.25, -0.2) is 4.79 Å². The molecule has 7 nitrogen and oxygen atoms in total. The molecule has 1 aromatic rings. The van der Waals surface area contributed by atoms with Crippen LogP contribution in [-0.4, -0.2) is 44.9 Å². The lowest BCUT2D eigenvalue weighted by Gasteiger charge is -2.30. The number of nitrogens with one attached hydrogen (secondary N) is 1. The Balaban J connectivity index is 1.94. The first kappa shape index (κ1) is 17.3. The largest absolute Gasteiger partial charge is 0.481 e. The zero-order valence-electron chi connectivity index (χ0n) is 14.1. The van der Waals surface area contributed by atoms with Crippen LogP contribution in [0.1, 0.15) is 43.6 Å². The Morgan fingerprint density at radius 3 is 2.43 bits per heavy atom. The van der Waals surface area contributed by atoms with Gasteiger partial charge in [0.15, 0.2) is 0 Å². The van der Waals surface area contributed by atoms with E-state index in [9.17, 15) is 9.59 Å². The molecule has 0 bridgehead atoms. The monoisotopic (exact) mass is 322 g/mol. The number of carbonyl (C=O) groups is 2. The Morgan fingerprint density at radius 2 is 1.91 bits per heavy atom. The highest BCUT2D eigenvalue weighted by Crippen LogP contribution is 2.18. The summed E-state index contributed by atoms with van der Waals surface area (Å²) in [6, 6.07) is -0.123. The zero-order valence-corrected chi connectivity index (χ0v) is 14.1. The van der Waals surface area contributed by atoms with Gasteiger partial charge in [-0.2, -0.15) is 5.10 Å². The molecule has 1 fully saturated rings.